The van der Waals surface area contributed by atoms with Crippen molar-refractivity contribution in [2.75, 3.05) is 26.8 Å². The fourth-order valence-corrected chi connectivity index (χ4v) is 3.10. The van der Waals surface area contributed by atoms with Gasteiger partial charge in [-0.25, -0.2) is 4.99 Å². The van der Waals surface area contributed by atoms with Crippen LogP contribution in [-0.4, -0.2) is 37.9 Å². The lowest BCUT2D eigenvalue weighted by atomic mass is 9.96. The van der Waals surface area contributed by atoms with E-state index in [1.165, 1.54) is 0 Å². The average Bonchev–Trinajstić information content (AvgIpc) is 2.72. The Balaban J connectivity index is 2.12. The zero-order valence-electron chi connectivity index (χ0n) is 17.5. The van der Waals surface area contributed by atoms with Gasteiger partial charge in [-0.2, -0.15) is 0 Å². The summed E-state index contributed by atoms with van der Waals surface area (Å²) >= 11 is 6.34. The van der Waals surface area contributed by atoms with E-state index >= 15 is 0 Å². The summed E-state index contributed by atoms with van der Waals surface area (Å²) in [5.41, 5.74) is 0.706. The van der Waals surface area contributed by atoms with Gasteiger partial charge in [-0.3, -0.25) is 0 Å². The van der Waals surface area contributed by atoms with Crippen LogP contribution < -0.4 is 20.1 Å². The number of hydrogen-bond acceptors (Lipinski definition) is 4. The van der Waals surface area contributed by atoms with Crippen LogP contribution in [-0.2, 0) is 12.1 Å². The molecule has 0 aliphatic heterocycles. The molecule has 2 aromatic rings. The minimum Gasteiger partial charge on any atom is -0.493 e. The molecular weight excluding hydrogens is 390 g/mol. The van der Waals surface area contributed by atoms with Gasteiger partial charge in [0.05, 0.1) is 31.8 Å². The quantitative estimate of drug-likeness (QED) is 0.426. The van der Waals surface area contributed by atoms with Gasteiger partial charge < -0.3 is 25.2 Å². The number of nitrogens with one attached hydrogen (secondary N) is 2. The molecule has 0 bridgehead atoms. The smallest absolute Gasteiger partial charge is 0.191 e. The second-order valence-electron chi connectivity index (χ2n) is 6.73. The first kappa shape index (κ1) is 22.8. The molecule has 29 heavy (non-hydrogen) atoms. The lowest BCUT2D eigenvalue weighted by Crippen LogP contribution is -2.44. The Kier molecular flexibility index (Phi) is 8.61. The monoisotopic (exact) mass is 419 g/mol. The van der Waals surface area contributed by atoms with Crippen molar-refractivity contribution in [1.29, 1.82) is 0 Å². The number of rotatable bonds is 9. The highest BCUT2D eigenvalue weighted by molar-refractivity contribution is 6.32. The van der Waals surface area contributed by atoms with Crippen molar-refractivity contribution in [3.05, 3.63) is 58.6 Å². The first-order valence-electron chi connectivity index (χ1n) is 9.70. The number of methoxy groups -OCH3 is 1. The molecule has 2 aromatic carbocycles. The van der Waals surface area contributed by atoms with E-state index in [0.29, 0.717) is 48.7 Å². The van der Waals surface area contributed by atoms with Crippen LogP contribution in [0.2, 0.25) is 5.02 Å². The third kappa shape index (κ3) is 6.54. The zero-order valence-corrected chi connectivity index (χ0v) is 18.2. The normalized spacial score (nSPS) is 13.5. The number of benzene rings is 2. The summed E-state index contributed by atoms with van der Waals surface area (Å²) in [5, 5.41) is 17.7. The van der Waals surface area contributed by atoms with Crippen LogP contribution in [0, 0.1) is 0 Å². The molecule has 0 aromatic heterocycles. The highest BCUT2D eigenvalue weighted by Gasteiger charge is 2.23. The molecule has 0 fully saturated rings. The first-order valence-corrected chi connectivity index (χ1v) is 10.1. The van der Waals surface area contributed by atoms with Gasteiger partial charge in [0.25, 0.3) is 0 Å². The Morgan fingerprint density at radius 2 is 1.90 bits per heavy atom. The van der Waals surface area contributed by atoms with Crippen LogP contribution in [0.25, 0.3) is 0 Å². The van der Waals surface area contributed by atoms with Crippen molar-refractivity contribution in [1.82, 2.24) is 10.6 Å². The van der Waals surface area contributed by atoms with E-state index in [1.54, 1.807) is 14.0 Å². The summed E-state index contributed by atoms with van der Waals surface area (Å²) in [5.74, 6) is 1.72. The molecule has 158 valence electrons. The molecule has 0 saturated carbocycles. The Morgan fingerprint density at radius 1 is 1.17 bits per heavy atom. The maximum atomic E-state index is 10.8. The van der Waals surface area contributed by atoms with Crippen LogP contribution in [0.5, 0.6) is 11.5 Å². The lowest BCUT2D eigenvalue weighted by Gasteiger charge is -2.25. The fourth-order valence-electron chi connectivity index (χ4n) is 2.82. The van der Waals surface area contributed by atoms with Crippen molar-refractivity contribution in [3.63, 3.8) is 0 Å². The molecule has 6 nitrogen and oxygen atoms in total. The Labute approximate surface area is 177 Å². The van der Waals surface area contributed by atoms with Crippen LogP contribution in [0.15, 0.2) is 47.5 Å². The van der Waals surface area contributed by atoms with Crippen molar-refractivity contribution >= 4 is 17.6 Å². The number of nitrogens with zero attached hydrogens (tertiary/aromatic N) is 1. The topological polar surface area (TPSA) is 75.1 Å². The number of halogens is 1. The van der Waals surface area contributed by atoms with Gasteiger partial charge in [0, 0.05) is 6.54 Å². The molecule has 1 unspecified atom stereocenters. The van der Waals surface area contributed by atoms with Gasteiger partial charge in [0.1, 0.15) is 5.60 Å². The van der Waals surface area contributed by atoms with Crippen LogP contribution in [0.3, 0.4) is 0 Å². The number of aliphatic hydroxyl groups is 1. The summed E-state index contributed by atoms with van der Waals surface area (Å²) in [7, 11) is 1.58. The third-order valence-electron chi connectivity index (χ3n) is 4.34. The number of guanidine groups is 1. The van der Waals surface area contributed by atoms with Crippen LogP contribution >= 0.6 is 11.6 Å². The summed E-state index contributed by atoms with van der Waals surface area (Å²) in [6, 6.07) is 13.2. The van der Waals surface area contributed by atoms with E-state index in [9.17, 15) is 5.11 Å². The van der Waals surface area contributed by atoms with Crippen molar-refractivity contribution in [3.8, 4) is 11.5 Å². The van der Waals surface area contributed by atoms with E-state index in [-0.39, 0.29) is 0 Å². The van der Waals surface area contributed by atoms with E-state index in [1.807, 2.05) is 56.3 Å². The SMILES string of the molecule is CCNC(=NCc1cc(Cl)c(OCC)c(OC)c1)NCC(C)(O)c1ccccc1. The van der Waals surface area contributed by atoms with E-state index in [0.717, 1.165) is 11.1 Å². The second-order valence-corrected chi connectivity index (χ2v) is 7.14. The molecule has 1 atom stereocenters. The molecule has 0 radical (unpaired) electrons. The zero-order chi connectivity index (χ0) is 21.3. The average molecular weight is 420 g/mol. The Hall–Kier alpha value is -2.44. The number of ether oxygens (including phenoxy) is 2. The minimum atomic E-state index is -1.02. The predicted octanol–water partition coefficient (Wildman–Crippen LogP) is 3.71. The Morgan fingerprint density at radius 3 is 2.52 bits per heavy atom. The van der Waals surface area contributed by atoms with E-state index < -0.39 is 5.60 Å². The van der Waals surface area contributed by atoms with Crippen LogP contribution in [0.1, 0.15) is 31.9 Å². The number of aliphatic imine (C=N–C) groups is 1. The predicted molar refractivity (Wildman–Crippen MR) is 118 cm³/mol. The molecule has 7 heteroatoms. The molecule has 0 amide bonds. The first-order chi connectivity index (χ1) is 13.9. The minimum absolute atomic E-state index is 0.316. The van der Waals surface area contributed by atoms with E-state index in [2.05, 4.69) is 15.6 Å². The largest absolute Gasteiger partial charge is 0.493 e. The maximum Gasteiger partial charge on any atom is 0.191 e. The second kappa shape index (κ2) is 10.9. The van der Waals surface area contributed by atoms with Crippen molar-refractivity contribution in [2.24, 2.45) is 4.99 Å². The molecule has 0 spiro atoms. The standard InChI is InChI=1S/C22H30ClN3O3/c1-5-24-21(26-15-22(3,27)17-10-8-7-9-11-17)25-14-16-12-18(23)20(29-6-2)19(13-16)28-4/h7-13,27H,5-6,14-15H2,1-4H3,(H2,24,25,26). The molecular formula is C22H30ClN3O3. The van der Waals surface area contributed by atoms with Gasteiger partial charge in [-0.1, -0.05) is 41.9 Å². The highest BCUT2D eigenvalue weighted by atomic mass is 35.5. The summed E-state index contributed by atoms with van der Waals surface area (Å²) < 4.78 is 10.9. The maximum absolute atomic E-state index is 10.8. The molecule has 0 aliphatic rings. The van der Waals surface area contributed by atoms with Gasteiger partial charge in [0.2, 0.25) is 0 Å². The van der Waals surface area contributed by atoms with Crippen LogP contribution in [0.4, 0.5) is 0 Å². The van der Waals surface area contributed by atoms with Gasteiger partial charge in [-0.15, -0.1) is 0 Å². The van der Waals surface area contributed by atoms with Crippen molar-refractivity contribution < 1.29 is 14.6 Å². The van der Waals surface area contributed by atoms with Crippen molar-refractivity contribution in [2.45, 2.75) is 32.9 Å². The lowest BCUT2D eigenvalue weighted by molar-refractivity contribution is 0.0617. The summed E-state index contributed by atoms with van der Waals surface area (Å²) in [6.45, 7) is 7.57. The molecule has 0 heterocycles. The molecule has 3 N–H and O–H groups in total. The molecule has 0 aliphatic carbocycles. The van der Waals surface area contributed by atoms with E-state index in [4.69, 9.17) is 21.1 Å². The van der Waals surface area contributed by atoms with Gasteiger partial charge >= 0.3 is 0 Å². The third-order valence-corrected chi connectivity index (χ3v) is 4.62. The molecule has 0 saturated heterocycles. The van der Waals surface area contributed by atoms with Gasteiger partial charge in [0.15, 0.2) is 17.5 Å². The summed E-state index contributed by atoms with van der Waals surface area (Å²) in [6.07, 6.45) is 0. The summed E-state index contributed by atoms with van der Waals surface area (Å²) in [4.78, 5) is 4.60. The molecule has 2 rings (SSSR count). The Bertz CT molecular complexity index is 810. The fraction of sp³-hybridized carbons (Fsp3) is 0.409. The van der Waals surface area contributed by atoms with Gasteiger partial charge in [-0.05, 0) is 44.0 Å². The number of hydrogen-bond donors (Lipinski definition) is 3. The highest BCUT2D eigenvalue weighted by Crippen LogP contribution is 2.36.